The van der Waals surface area contributed by atoms with Crippen LogP contribution in [0.15, 0.2) is 66.7 Å². The normalized spacial score (nSPS) is 11.4. The molecule has 9 heteroatoms. The van der Waals surface area contributed by atoms with E-state index < -0.39 is 12.0 Å². The molecular formula is C26H28ClN5O3. The summed E-state index contributed by atoms with van der Waals surface area (Å²) in [6.45, 7) is 4.41. The lowest BCUT2D eigenvalue weighted by Gasteiger charge is -2.20. The van der Waals surface area contributed by atoms with Gasteiger partial charge in [0.15, 0.2) is 6.04 Å². The summed E-state index contributed by atoms with van der Waals surface area (Å²) in [5.74, 6) is 0.867. The SMILES string of the molecule is CCOC(=O)C(Nc1ccc(C(=N)N)cc1)c1cc(OCC)cc(-c2nc3ccccc3[nH]2)c1.Cl. The number of H-pyrrole nitrogens is 1. The molecule has 0 aliphatic heterocycles. The van der Waals surface area contributed by atoms with Gasteiger partial charge in [-0.15, -0.1) is 12.4 Å². The lowest BCUT2D eigenvalue weighted by Crippen LogP contribution is -2.23. The number of nitrogens with zero attached hydrogens (tertiary/aromatic N) is 1. The molecule has 1 atom stereocenters. The van der Waals surface area contributed by atoms with Gasteiger partial charge in [-0.3, -0.25) is 5.41 Å². The van der Waals surface area contributed by atoms with Crippen LogP contribution < -0.4 is 15.8 Å². The van der Waals surface area contributed by atoms with Crippen LogP contribution >= 0.6 is 12.4 Å². The first-order valence-electron chi connectivity index (χ1n) is 11.1. The van der Waals surface area contributed by atoms with Gasteiger partial charge < -0.3 is 25.5 Å². The molecule has 0 spiro atoms. The van der Waals surface area contributed by atoms with E-state index in [1.165, 1.54) is 0 Å². The lowest BCUT2D eigenvalue weighted by atomic mass is 10.0. The number of amidine groups is 1. The Balaban J connectivity index is 0.00000342. The first kappa shape index (κ1) is 25.6. The number of anilines is 1. The van der Waals surface area contributed by atoms with Crippen molar-refractivity contribution < 1.29 is 14.3 Å². The second-order valence-corrected chi connectivity index (χ2v) is 7.65. The van der Waals surface area contributed by atoms with Crippen molar-refractivity contribution in [1.82, 2.24) is 9.97 Å². The number of halogens is 1. The Bertz CT molecular complexity index is 1290. The predicted octanol–water partition coefficient (Wildman–Crippen LogP) is 5.05. The molecule has 0 aliphatic rings. The van der Waals surface area contributed by atoms with E-state index in [4.69, 9.17) is 25.6 Å². The summed E-state index contributed by atoms with van der Waals surface area (Å²) < 4.78 is 11.2. The zero-order valence-corrected chi connectivity index (χ0v) is 20.3. The summed E-state index contributed by atoms with van der Waals surface area (Å²) in [7, 11) is 0. The summed E-state index contributed by atoms with van der Waals surface area (Å²) >= 11 is 0. The van der Waals surface area contributed by atoms with Crippen LogP contribution in [0.3, 0.4) is 0 Å². The molecule has 5 N–H and O–H groups in total. The van der Waals surface area contributed by atoms with Gasteiger partial charge in [-0.1, -0.05) is 12.1 Å². The number of carbonyl (C=O) groups is 1. The Kier molecular flexibility index (Phi) is 8.33. The molecule has 1 heterocycles. The molecule has 1 unspecified atom stereocenters. The average Bonchev–Trinajstić information content (AvgIpc) is 3.27. The Morgan fingerprint density at radius 3 is 2.49 bits per heavy atom. The van der Waals surface area contributed by atoms with Crippen LogP contribution in [0.2, 0.25) is 0 Å². The van der Waals surface area contributed by atoms with E-state index in [9.17, 15) is 4.79 Å². The largest absolute Gasteiger partial charge is 0.494 e. The minimum Gasteiger partial charge on any atom is -0.494 e. The van der Waals surface area contributed by atoms with Gasteiger partial charge in [0.2, 0.25) is 0 Å². The van der Waals surface area contributed by atoms with Crippen LogP contribution in [0.25, 0.3) is 22.4 Å². The lowest BCUT2D eigenvalue weighted by molar-refractivity contribution is -0.144. The summed E-state index contributed by atoms with van der Waals surface area (Å²) in [4.78, 5) is 21.0. The number of ether oxygens (including phenoxy) is 2. The molecule has 0 amide bonds. The minimum absolute atomic E-state index is 0. The first-order valence-corrected chi connectivity index (χ1v) is 11.1. The number of nitrogen functional groups attached to an aromatic ring is 1. The maximum Gasteiger partial charge on any atom is 0.333 e. The zero-order chi connectivity index (χ0) is 24.1. The van der Waals surface area contributed by atoms with Gasteiger partial charge in [-0.05, 0) is 74.0 Å². The van der Waals surface area contributed by atoms with Crippen molar-refractivity contribution in [2.24, 2.45) is 5.73 Å². The van der Waals surface area contributed by atoms with Crippen molar-refractivity contribution in [3.05, 3.63) is 77.9 Å². The van der Waals surface area contributed by atoms with E-state index in [0.717, 1.165) is 16.6 Å². The molecule has 1 aromatic heterocycles. The van der Waals surface area contributed by atoms with E-state index in [1.807, 2.05) is 49.4 Å². The van der Waals surface area contributed by atoms with E-state index >= 15 is 0 Å². The fourth-order valence-electron chi connectivity index (χ4n) is 3.68. The highest BCUT2D eigenvalue weighted by atomic mass is 35.5. The Labute approximate surface area is 209 Å². The third-order valence-electron chi connectivity index (χ3n) is 5.27. The van der Waals surface area contributed by atoms with Gasteiger partial charge in [0, 0.05) is 16.8 Å². The van der Waals surface area contributed by atoms with Gasteiger partial charge in [0.05, 0.1) is 24.2 Å². The van der Waals surface area contributed by atoms with E-state index in [1.54, 1.807) is 31.2 Å². The fourth-order valence-corrected chi connectivity index (χ4v) is 3.68. The van der Waals surface area contributed by atoms with Crippen LogP contribution in [0.5, 0.6) is 5.75 Å². The molecule has 0 saturated carbocycles. The van der Waals surface area contributed by atoms with Crippen LogP contribution in [0.4, 0.5) is 5.69 Å². The van der Waals surface area contributed by atoms with Crippen LogP contribution in [0.1, 0.15) is 31.0 Å². The number of benzene rings is 3. The predicted molar refractivity (Wildman–Crippen MR) is 140 cm³/mol. The molecule has 8 nitrogen and oxygen atoms in total. The number of nitrogens with two attached hydrogens (primary N) is 1. The molecule has 0 bridgehead atoms. The maximum atomic E-state index is 13.0. The van der Waals surface area contributed by atoms with Crippen LogP contribution in [0, 0.1) is 5.41 Å². The molecule has 0 fully saturated rings. The van der Waals surface area contributed by atoms with Gasteiger partial charge in [0.1, 0.15) is 17.4 Å². The summed E-state index contributed by atoms with van der Waals surface area (Å²) in [5.41, 5.74) is 10.1. The van der Waals surface area contributed by atoms with E-state index in [2.05, 4.69) is 10.3 Å². The third kappa shape index (κ3) is 5.91. The van der Waals surface area contributed by atoms with Gasteiger partial charge in [0.25, 0.3) is 0 Å². The number of carbonyl (C=O) groups excluding carboxylic acids is 1. The highest BCUT2D eigenvalue weighted by Crippen LogP contribution is 2.31. The molecular weight excluding hydrogens is 466 g/mol. The monoisotopic (exact) mass is 493 g/mol. The summed E-state index contributed by atoms with van der Waals surface area (Å²) in [6.07, 6.45) is 0. The Morgan fingerprint density at radius 2 is 1.83 bits per heavy atom. The number of fused-ring (bicyclic) bond motifs is 1. The second-order valence-electron chi connectivity index (χ2n) is 7.65. The highest BCUT2D eigenvalue weighted by Gasteiger charge is 2.24. The van der Waals surface area contributed by atoms with Crippen LogP contribution in [-0.4, -0.2) is 35.0 Å². The van der Waals surface area contributed by atoms with Crippen molar-refractivity contribution in [2.45, 2.75) is 19.9 Å². The number of rotatable bonds is 9. The molecule has 182 valence electrons. The number of hydrogen-bond acceptors (Lipinski definition) is 6. The average molecular weight is 494 g/mol. The standard InChI is InChI=1S/C26H27N5O3.ClH/c1-3-33-20-14-17(13-18(15-20)25-30-21-7-5-6-8-22(21)31-25)23(26(32)34-4-2)29-19-11-9-16(10-12-19)24(27)28;/h5-15,23,29H,3-4H2,1-2H3,(H3,27,28)(H,30,31);1H. The smallest absolute Gasteiger partial charge is 0.333 e. The number of nitrogens with one attached hydrogen (secondary N) is 3. The topological polar surface area (TPSA) is 126 Å². The number of aromatic amines is 1. The maximum absolute atomic E-state index is 13.0. The van der Waals surface area contributed by atoms with Crippen molar-refractivity contribution >= 4 is 40.9 Å². The highest BCUT2D eigenvalue weighted by molar-refractivity contribution is 5.95. The second kappa shape index (κ2) is 11.4. The molecule has 0 saturated heterocycles. The zero-order valence-electron chi connectivity index (χ0n) is 19.5. The Morgan fingerprint density at radius 1 is 1.09 bits per heavy atom. The number of esters is 1. The molecule has 35 heavy (non-hydrogen) atoms. The van der Waals surface area contributed by atoms with Gasteiger partial charge >= 0.3 is 5.97 Å². The van der Waals surface area contributed by atoms with Crippen LogP contribution in [-0.2, 0) is 9.53 Å². The quantitative estimate of drug-likeness (QED) is 0.147. The number of aromatic nitrogens is 2. The molecule has 4 aromatic rings. The third-order valence-corrected chi connectivity index (χ3v) is 5.27. The molecule has 3 aromatic carbocycles. The van der Waals surface area contributed by atoms with Crippen molar-refractivity contribution in [3.63, 3.8) is 0 Å². The van der Waals surface area contributed by atoms with Gasteiger partial charge in [-0.25, -0.2) is 9.78 Å². The van der Waals surface area contributed by atoms with E-state index in [-0.39, 0.29) is 24.8 Å². The molecule has 0 radical (unpaired) electrons. The van der Waals surface area contributed by atoms with Crippen molar-refractivity contribution in [3.8, 4) is 17.1 Å². The number of para-hydroxylation sites is 2. The van der Waals surface area contributed by atoms with Crippen molar-refractivity contribution in [1.29, 1.82) is 5.41 Å². The van der Waals surface area contributed by atoms with E-state index in [0.29, 0.717) is 35.0 Å². The minimum atomic E-state index is -0.785. The Hall–Kier alpha value is -4.04. The van der Waals surface area contributed by atoms with Gasteiger partial charge in [-0.2, -0.15) is 0 Å². The molecule has 4 rings (SSSR count). The van der Waals surface area contributed by atoms with Crippen molar-refractivity contribution in [2.75, 3.05) is 18.5 Å². The molecule has 0 aliphatic carbocycles. The first-order chi connectivity index (χ1) is 16.5. The fraction of sp³-hybridized carbons (Fsp3) is 0.192. The summed E-state index contributed by atoms with van der Waals surface area (Å²) in [6, 6.07) is 19.6. The summed E-state index contributed by atoms with van der Waals surface area (Å²) in [5, 5.41) is 10.8. The number of imidazole rings is 1. The number of hydrogen-bond donors (Lipinski definition) is 4.